The van der Waals surface area contributed by atoms with E-state index >= 15 is 0 Å². The summed E-state index contributed by atoms with van der Waals surface area (Å²) in [5, 5.41) is 15.5. The van der Waals surface area contributed by atoms with Gasteiger partial charge >= 0.3 is 0 Å². The summed E-state index contributed by atoms with van der Waals surface area (Å²) >= 11 is 0. The van der Waals surface area contributed by atoms with Gasteiger partial charge in [0.1, 0.15) is 5.92 Å². The first-order chi connectivity index (χ1) is 10.7. The summed E-state index contributed by atoms with van der Waals surface area (Å²) in [7, 11) is 0. The van der Waals surface area contributed by atoms with Crippen molar-refractivity contribution in [1.29, 1.82) is 5.26 Å². The number of carbonyl (C=O) groups excluding carboxylic acids is 1. The minimum atomic E-state index is -0.535. The molecule has 0 N–H and O–H groups in total. The van der Waals surface area contributed by atoms with Crippen molar-refractivity contribution in [3.63, 3.8) is 0 Å². The van der Waals surface area contributed by atoms with Crippen LogP contribution in [0.2, 0.25) is 0 Å². The Morgan fingerprint density at radius 1 is 1.27 bits per heavy atom. The van der Waals surface area contributed by atoms with Gasteiger partial charge in [-0.15, -0.1) is 0 Å². The Morgan fingerprint density at radius 2 is 2.00 bits per heavy atom. The third-order valence-electron chi connectivity index (χ3n) is 4.85. The van der Waals surface area contributed by atoms with E-state index in [1.54, 1.807) is 5.01 Å². The van der Waals surface area contributed by atoms with Crippen LogP contribution < -0.4 is 0 Å². The van der Waals surface area contributed by atoms with Crippen LogP contribution in [0, 0.1) is 23.2 Å². The van der Waals surface area contributed by atoms with Gasteiger partial charge in [-0.05, 0) is 37.7 Å². The van der Waals surface area contributed by atoms with Crippen LogP contribution in [0.3, 0.4) is 0 Å². The number of hydrogen-bond acceptors (Lipinski definition) is 3. The third-order valence-corrected chi connectivity index (χ3v) is 4.85. The highest BCUT2D eigenvalue weighted by Crippen LogP contribution is 2.38. The van der Waals surface area contributed by atoms with E-state index < -0.39 is 5.92 Å². The average Bonchev–Trinajstić information content (AvgIpc) is 2.57. The van der Waals surface area contributed by atoms with Crippen molar-refractivity contribution in [2.45, 2.75) is 45.1 Å². The van der Waals surface area contributed by atoms with E-state index in [1.165, 1.54) is 6.42 Å². The molecule has 4 heteroatoms. The van der Waals surface area contributed by atoms with Gasteiger partial charge in [-0.1, -0.05) is 43.2 Å². The maximum Gasteiger partial charge on any atom is 0.260 e. The molecule has 1 heterocycles. The van der Waals surface area contributed by atoms with E-state index in [4.69, 9.17) is 0 Å². The molecule has 1 aromatic rings. The molecule has 1 saturated heterocycles. The molecule has 22 heavy (non-hydrogen) atoms. The van der Waals surface area contributed by atoms with Crippen LogP contribution in [0.5, 0.6) is 0 Å². The molecule has 4 nitrogen and oxygen atoms in total. The third kappa shape index (κ3) is 2.76. The number of amides is 1. The molecule has 0 bridgehead atoms. The Hall–Kier alpha value is -2.15. The van der Waals surface area contributed by atoms with Crippen LogP contribution in [-0.4, -0.2) is 22.7 Å². The number of nitriles is 1. The Morgan fingerprint density at radius 3 is 2.73 bits per heavy atom. The number of fused-ring (bicyclic) bond motifs is 1. The second kappa shape index (κ2) is 6.31. The molecule has 3 unspecified atom stereocenters. The van der Waals surface area contributed by atoms with Gasteiger partial charge < -0.3 is 0 Å². The Balaban J connectivity index is 1.91. The van der Waals surface area contributed by atoms with Gasteiger partial charge in [0.2, 0.25) is 0 Å². The fourth-order valence-electron chi connectivity index (χ4n) is 3.64. The minimum absolute atomic E-state index is 0.124. The molecule has 1 saturated carbocycles. The van der Waals surface area contributed by atoms with Gasteiger partial charge in [-0.25, -0.2) is 5.01 Å². The summed E-state index contributed by atoms with van der Waals surface area (Å²) in [6.07, 6.45) is 5.15. The van der Waals surface area contributed by atoms with Gasteiger partial charge in [0.15, 0.2) is 0 Å². The molecule has 114 valence electrons. The number of benzene rings is 1. The molecule has 3 rings (SSSR count). The van der Waals surface area contributed by atoms with Crippen molar-refractivity contribution in [3.05, 3.63) is 35.9 Å². The normalized spacial score (nSPS) is 28.9. The molecule has 1 aliphatic carbocycles. The molecular weight excluding hydrogens is 274 g/mol. The van der Waals surface area contributed by atoms with Crippen LogP contribution in [-0.2, 0) is 4.79 Å². The molecule has 1 amide bonds. The number of hydrogen-bond donors (Lipinski definition) is 0. The lowest BCUT2D eigenvalue weighted by molar-refractivity contribution is -0.143. The smallest absolute Gasteiger partial charge is 0.260 e. The zero-order chi connectivity index (χ0) is 15.5. The van der Waals surface area contributed by atoms with Gasteiger partial charge in [-0.3, -0.25) is 4.79 Å². The molecule has 0 aromatic heterocycles. The van der Waals surface area contributed by atoms with Gasteiger partial charge in [0, 0.05) is 0 Å². The largest absolute Gasteiger partial charge is 0.271 e. The molecule has 2 aliphatic rings. The predicted molar refractivity (Wildman–Crippen MR) is 85.0 cm³/mol. The highest BCUT2D eigenvalue weighted by molar-refractivity contribution is 5.99. The summed E-state index contributed by atoms with van der Waals surface area (Å²) < 4.78 is 0. The topological polar surface area (TPSA) is 56.5 Å². The van der Waals surface area contributed by atoms with Crippen LogP contribution in [0.1, 0.15) is 44.6 Å². The van der Waals surface area contributed by atoms with Crippen molar-refractivity contribution in [2.75, 3.05) is 0 Å². The zero-order valence-electron chi connectivity index (χ0n) is 12.9. The van der Waals surface area contributed by atoms with Crippen LogP contribution in [0.25, 0.3) is 0 Å². The molecule has 2 fully saturated rings. The first-order valence-electron chi connectivity index (χ1n) is 8.04. The fourth-order valence-corrected chi connectivity index (χ4v) is 3.64. The van der Waals surface area contributed by atoms with E-state index in [-0.39, 0.29) is 11.9 Å². The van der Waals surface area contributed by atoms with Gasteiger partial charge in [0.25, 0.3) is 5.91 Å². The zero-order valence-corrected chi connectivity index (χ0v) is 12.9. The highest BCUT2D eigenvalue weighted by Gasteiger charge is 2.43. The lowest BCUT2D eigenvalue weighted by atomic mass is 9.75. The molecule has 0 radical (unpaired) electrons. The summed E-state index contributed by atoms with van der Waals surface area (Å²) in [5.41, 5.74) is 1.85. The highest BCUT2D eigenvalue weighted by atomic mass is 16.2. The first kappa shape index (κ1) is 14.8. The molecule has 1 aliphatic heterocycles. The maximum atomic E-state index is 12.6. The Labute approximate surface area is 131 Å². The summed E-state index contributed by atoms with van der Waals surface area (Å²) in [6.45, 7) is 1.93. The number of rotatable bonds is 2. The fraction of sp³-hybridized carbons (Fsp3) is 0.500. The summed E-state index contributed by atoms with van der Waals surface area (Å²) in [4.78, 5) is 12.6. The number of piperidine rings is 1. The number of nitrogens with zero attached hydrogens (tertiary/aromatic N) is 3. The Kier molecular flexibility index (Phi) is 4.24. The molecule has 1 aromatic carbocycles. The van der Waals surface area contributed by atoms with Crippen molar-refractivity contribution < 1.29 is 4.79 Å². The van der Waals surface area contributed by atoms with E-state index in [2.05, 4.69) is 11.2 Å². The van der Waals surface area contributed by atoms with Crippen molar-refractivity contribution >= 4 is 11.6 Å². The van der Waals surface area contributed by atoms with Crippen LogP contribution in [0.15, 0.2) is 35.4 Å². The quantitative estimate of drug-likeness (QED) is 0.786. The lowest BCUT2D eigenvalue weighted by Crippen LogP contribution is -2.51. The minimum Gasteiger partial charge on any atom is -0.271 e. The average molecular weight is 295 g/mol. The number of hydrazone groups is 1. The monoisotopic (exact) mass is 295 g/mol. The van der Waals surface area contributed by atoms with Crippen molar-refractivity contribution in [2.24, 2.45) is 16.9 Å². The van der Waals surface area contributed by atoms with E-state index in [0.717, 1.165) is 30.5 Å². The second-order valence-corrected chi connectivity index (χ2v) is 6.26. The maximum absolute atomic E-state index is 12.6. The van der Waals surface area contributed by atoms with Gasteiger partial charge in [-0.2, -0.15) is 10.4 Å². The lowest BCUT2D eigenvalue weighted by Gasteiger charge is -2.42. The molecular formula is C18H21N3O. The first-order valence-corrected chi connectivity index (χ1v) is 8.04. The van der Waals surface area contributed by atoms with E-state index in [0.29, 0.717) is 12.3 Å². The number of carbonyl (C=O) groups is 1. The summed E-state index contributed by atoms with van der Waals surface area (Å²) in [6, 6.07) is 12.2. The summed E-state index contributed by atoms with van der Waals surface area (Å²) in [5.74, 6) is -0.240. The SMILES string of the molecule is CC(=NN1C(=O)C(C#N)CC2CCCCC21)c1ccccc1. The standard InChI is InChI=1S/C18H21N3O/c1-13(14-7-3-2-4-8-14)20-21-17-10-6-5-9-15(17)11-16(12-19)18(21)22/h2-4,7-8,15-17H,5-6,9-11H2,1H3. The van der Waals surface area contributed by atoms with Crippen molar-refractivity contribution in [3.8, 4) is 6.07 Å². The predicted octanol–water partition coefficient (Wildman–Crippen LogP) is 3.34. The van der Waals surface area contributed by atoms with Crippen LogP contribution in [0.4, 0.5) is 0 Å². The van der Waals surface area contributed by atoms with Crippen LogP contribution >= 0.6 is 0 Å². The van der Waals surface area contributed by atoms with Crippen molar-refractivity contribution in [1.82, 2.24) is 5.01 Å². The Bertz CT molecular complexity index is 617. The molecule has 3 atom stereocenters. The second-order valence-electron chi connectivity index (χ2n) is 6.26. The molecule has 0 spiro atoms. The van der Waals surface area contributed by atoms with Gasteiger partial charge in [0.05, 0.1) is 17.8 Å². The van der Waals surface area contributed by atoms with E-state index in [1.807, 2.05) is 37.3 Å². The van der Waals surface area contributed by atoms with E-state index in [9.17, 15) is 10.1 Å².